The number of primary amides is 1. The topological polar surface area (TPSA) is 168 Å². The number of aromatic hydroxyl groups is 1. The van der Waals surface area contributed by atoms with Crippen molar-refractivity contribution in [2.24, 2.45) is 29.4 Å². The van der Waals surface area contributed by atoms with Crippen LogP contribution in [0.3, 0.4) is 0 Å². The first-order valence-corrected chi connectivity index (χ1v) is 12.0. The second kappa shape index (κ2) is 7.79. The van der Waals surface area contributed by atoms with Crippen molar-refractivity contribution in [2.75, 3.05) is 19.0 Å². The number of carbonyl (C=O) groups excluding carboxylic acids is 5. The molecule has 1 aromatic heterocycles. The van der Waals surface area contributed by atoms with E-state index in [4.69, 9.17) is 5.73 Å². The summed E-state index contributed by atoms with van der Waals surface area (Å²) >= 11 is 1.28. The molecule has 3 aliphatic carbocycles. The SMILES string of the molecule is CN(C)c1cc(-c2nccs2)c(O)c2c1C[C@H]1C[C@H]3CC(=O)C(C(N)=O)C(=O)[C@@]3(O)C(=O)C1C2=O. The molecule has 5 rings (SSSR count). The van der Waals surface area contributed by atoms with E-state index in [0.717, 1.165) is 0 Å². The smallest absolute Gasteiger partial charge is 0.235 e. The maximum absolute atomic E-state index is 13.8. The highest BCUT2D eigenvalue weighted by Crippen LogP contribution is 2.52. The lowest BCUT2D eigenvalue weighted by atomic mass is 9.53. The Labute approximate surface area is 203 Å². The molecule has 2 aromatic rings. The molecule has 5 atom stereocenters. The molecule has 10 nitrogen and oxygen atoms in total. The number of nitrogens with two attached hydrogens (primary N) is 1. The third-order valence-electron chi connectivity index (χ3n) is 7.52. The number of rotatable bonds is 3. The number of aliphatic hydroxyl groups is 1. The van der Waals surface area contributed by atoms with Gasteiger partial charge in [-0.3, -0.25) is 24.0 Å². The van der Waals surface area contributed by atoms with Crippen molar-refractivity contribution in [2.45, 2.75) is 24.9 Å². The van der Waals surface area contributed by atoms with Gasteiger partial charge in [0.2, 0.25) is 5.91 Å². The quantitative estimate of drug-likeness (QED) is 0.512. The van der Waals surface area contributed by atoms with Crippen LogP contribution in [0, 0.1) is 23.7 Å². The molecular formula is C24H23N3O7S. The molecule has 2 unspecified atom stereocenters. The van der Waals surface area contributed by atoms with Crippen LogP contribution < -0.4 is 10.6 Å². The first-order chi connectivity index (χ1) is 16.5. The summed E-state index contributed by atoms with van der Waals surface area (Å²) in [6.07, 6.45) is 1.49. The average molecular weight is 498 g/mol. The molecule has 11 heteroatoms. The van der Waals surface area contributed by atoms with Gasteiger partial charge >= 0.3 is 0 Å². The number of aromatic nitrogens is 1. The number of nitrogens with zero attached hydrogens (tertiary/aromatic N) is 2. The van der Waals surface area contributed by atoms with Crippen LogP contribution in [0.15, 0.2) is 17.6 Å². The number of anilines is 1. The van der Waals surface area contributed by atoms with Crippen LogP contribution in [0.5, 0.6) is 5.75 Å². The van der Waals surface area contributed by atoms with Gasteiger partial charge in [0.15, 0.2) is 34.7 Å². The minimum absolute atomic E-state index is 0.0381. The number of hydrogen-bond acceptors (Lipinski definition) is 10. The minimum Gasteiger partial charge on any atom is -0.506 e. The first-order valence-electron chi connectivity index (χ1n) is 11.1. The highest BCUT2D eigenvalue weighted by molar-refractivity contribution is 7.13. The molecule has 2 fully saturated rings. The molecule has 1 amide bonds. The molecule has 0 spiro atoms. The van der Waals surface area contributed by atoms with Crippen LogP contribution in [0.4, 0.5) is 5.69 Å². The lowest BCUT2D eigenvalue weighted by molar-refractivity contribution is -0.175. The molecule has 1 heterocycles. The second-order valence-corrected chi connectivity index (χ2v) is 10.5. The van der Waals surface area contributed by atoms with E-state index in [1.165, 1.54) is 11.3 Å². The van der Waals surface area contributed by atoms with E-state index < -0.39 is 58.3 Å². The van der Waals surface area contributed by atoms with Crippen molar-refractivity contribution >= 4 is 46.1 Å². The van der Waals surface area contributed by atoms with Crippen LogP contribution in [-0.2, 0) is 25.6 Å². The van der Waals surface area contributed by atoms with Crippen molar-refractivity contribution in [3.8, 4) is 16.3 Å². The van der Waals surface area contributed by atoms with Crippen LogP contribution in [0.1, 0.15) is 28.8 Å². The number of amides is 1. The van der Waals surface area contributed by atoms with Gasteiger partial charge < -0.3 is 20.8 Å². The van der Waals surface area contributed by atoms with Crippen LogP contribution in [0.25, 0.3) is 10.6 Å². The molecule has 4 N–H and O–H groups in total. The Morgan fingerprint density at radius 2 is 1.91 bits per heavy atom. The number of thiazole rings is 1. The Balaban J connectivity index is 1.66. The maximum Gasteiger partial charge on any atom is 0.235 e. The fraction of sp³-hybridized carbons (Fsp3) is 0.417. The van der Waals surface area contributed by atoms with Crippen LogP contribution in [-0.4, -0.2) is 63.9 Å². The van der Waals surface area contributed by atoms with Crippen molar-refractivity contribution in [1.29, 1.82) is 0 Å². The number of phenolic OH excluding ortho intramolecular Hbond substituents is 1. The fourth-order valence-corrected chi connectivity index (χ4v) is 6.59. The Morgan fingerprint density at radius 3 is 2.51 bits per heavy atom. The maximum atomic E-state index is 13.8. The van der Waals surface area contributed by atoms with E-state index in [9.17, 15) is 34.2 Å². The number of Topliss-reactive ketones (excluding diaryl/α,β-unsaturated/α-hetero) is 4. The summed E-state index contributed by atoms with van der Waals surface area (Å²) in [5.41, 5.74) is 4.08. The predicted octanol–water partition coefficient (Wildman–Crippen LogP) is 0.516. The van der Waals surface area contributed by atoms with Crippen molar-refractivity contribution in [3.63, 3.8) is 0 Å². The largest absolute Gasteiger partial charge is 0.506 e. The standard InChI is InChI=1S/C24H23N3O7S/c1-27(2)13-8-12(23-26-3-4-35-23)18(29)16-11(13)6-9-5-10-7-14(28)17(22(25)33)21(32)24(10,34)20(31)15(9)19(16)30/h3-4,8-10,15,17,29,34H,5-7H2,1-2H3,(H2,25,33)/t9-,10+,15?,17?,24+/m1/s1. The summed E-state index contributed by atoms with van der Waals surface area (Å²) in [7, 11) is 3.59. The van der Waals surface area contributed by atoms with Crippen molar-refractivity contribution < 1.29 is 34.2 Å². The number of phenols is 1. The normalized spacial score (nSPS) is 29.9. The third kappa shape index (κ3) is 3.11. The summed E-state index contributed by atoms with van der Waals surface area (Å²) in [6, 6.07) is 1.74. The van der Waals surface area contributed by atoms with E-state index in [2.05, 4.69) is 4.98 Å². The summed E-state index contributed by atoms with van der Waals surface area (Å²) in [6.45, 7) is 0. The monoisotopic (exact) mass is 497 g/mol. The number of hydrogen-bond donors (Lipinski definition) is 3. The zero-order valence-corrected chi connectivity index (χ0v) is 19.8. The zero-order valence-electron chi connectivity index (χ0n) is 19.0. The molecule has 1 aromatic carbocycles. The number of carbonyl (C=O) groups is 5. The lowest BCUT2D eigenvalue weighted by Gasteiger charge is -2.48. The fourth-order valence-electron chi connectivity index (χ4n) is 5.93. The van der Waals surface area contributed by atoms with Crippen molar-refractivity contribution in [3.05, 3.63) is 28.8 Å². The third-order valence-corrected chi connectivity index (χ3v) is 8.33. The van der Waals surface area contributed by atoms with Gasteiger partial charge in [-0.25, -0.2) is 4.98 Å². The highest BCUT2D eigenvalue weighted by Gasteiger charge is 2.66. The Bertz CT molecular complexity index is 1320. The molecular weight excluding hydrogens is 474 g/mol. The Kier molecular flexibility index (Phi) is 5.19. The van der Waals surface area contributed by atoms with Gasteiger partial charge in [0.05, 0.1) is 17.0 Å². The molecule has 0 bridgehead atoms. The van der Waals surface area contributed by atoms with Gasteiger partial charge in [-0.1, -0.05) is 0 Å². The molecule has 2 saturated carbocycles. The van der Waals surface area contributed by atoms with E-state index in [-0.39, 0.29) is 30.6 Å². The molecule has 0 aliphatic heterocycles. The molecule has 0 saturated heterocycles. The summed E-state index contributed by atoms with van der Waals surface area (Å²) in [5, 5.41) is 24.7. The number of ketones is 4. The van der Waals surface area contributed by atoms with Gasteiger partial charge in [-0.15, -0.1) is 11.3 Å². The zero-order chi connectivity index (χ0) is 25.4. The molecule has 3 aliphatic rings. The van der Waals surface area contributed by atoms with Gasteiger partial charge in [0.1, 0.15) is 10.8 Å². The molecule has 182 valence electrons. The average Bonchev–Trinajstić information content (AvgIpc) is 3.30. The van der Waals surface area contributed by atoms with Crippen LogP contribution in [0.2, 0.25) is 0 Å². The first kappa shape index (κ1) is 23.3. The molecule has 35 heavy (non-hydrogen) atoms. The number of benzene rings is 1. The predicted molar refractivity (Wildman–Crippen MR) is 124 cm³/mol. The van der Waals surface area contributed by atoms with Crippen molar-refractivity contribution in [1.82, 2.24) is 4.98 Å². The van der Waals surface area contributed by atoms with Gasteiger partial charge in [0.25, 0.3) is 0 Å². The van der Waals surface area contributed by atoms with Gasteiger partial charge in [0, 0.05) is 43.7 Å². The van der Waals surface area contributed by atoms with E-state index >= 15 is 0 Å². The Hall–Kier alpha value is -3.44. The van der Waals surface area contributed by atoms with Gasteiger partial charge in [-0.2, -0.15) is 0 Å². The summed E-state index contributed by atoms with van der Waals surface area (Å²) in [5.74, 6) is -10.2. The number of fused-ring (bicyclic) bond motifs is 3. The van der Waals surface area contributed by atoms with E-state index in [1.807, 2.05) is 0 Å². The lowest BCUT2D eigenvalue weighted by Crippen LogP contribution is -2.68. The second-order valence-electron chi connectivity index (χ2n) is 9.62. The van der Waals surface area contributed by atoms with Gasteiger partial charge in [-0.05, 0) is 30.4 Å². The summed E-state index contributed by atoms with van der Waals surface area (Å²) < 4.78 is 0. The Morgan fingerprint density at radius 1 is 1.20 bits per heavy atom. The minimum atomic E-state index is -2.66. The van der Waals surface area contributed by atoms with E-state index in [1.54, 1.807) is 36.6 Å². The molecule has 0 radical (unpaired) electrons. The summed E-state index contributed by atoms with van der Waals surface area (Å²) in [4.78, 5) is 70.7. The van der Waals surface area contributed by atoms with E-state index in [0.29, 0.717) is 21.8 Å². The highest BCUT2D eigenvalue weighted by atomic mass is 32.1. The van der Waals surface area contributed by atoms with Crippen LogP contribution >= 0.6 is 11.3 Å².